The maximum atomic E-state index is 12.4. The van der Waals surface area contributed by atoms with Crippen molar-refractivity contribution < 1.29 is 74.7 Å². The molecule has 0 radical (unpaired) electrons. The molecule has 11 nitrogen and oxygen atoms in total. The van der Waals surface area contributed by atoms with Crippen LogP contribution in [0.5, 0.6) is 0 Å². The van der Waals surface area contributed by atoms with E-state index in [2.05, 4.69) is 14.3 Å². The summed E-state index contributed by atoms with van der Waals surface area (Å²) < 4.78 is 76.6. The molecule has 0 fully saturated rings. The van der Waals surface area contributed by atoms with Crippen molar-refractivity contribution in [3.05, 3.63) is 149 Å². The second kappa shape index (κ2) is 18.6. The van der Waals surface area contributed by atoms with Crippen molar-refractivity contribution >= 4 is 49.3 Å². The van der Waals surface area contributed by atoms with Gasteiger partial charge in [0.15, 0.2) is 12.3 Å². The van der Waals surface area contributed by atoms with Gasteiger partial charge in [-0.3, -0.25) is 9.59 Å². The van der Waals surface area contributed by atoms with Gasteiger partial charge < -0.3 is 14.7 Å². The molecule has 0 saturated carbocycles. The molecule has 0 saturated heterocycles. The van der Waals surface area contributed by atoms with Gasteiger partial charge in [-0.05, 0) is 90.7 Å². The van der Waals surface area contributed by atoms with E-state index in [0.29, 0.717) is 53.3 Å². The molecule has 52 heavy (non-hydrogen) atoms. The maximum Gasteiger partial charge on any atom is 1.00 e. The Morgan fingerprint density at radius 2 is 1.52 bits per heavy atom. The molecule has 0 atom stereocenters. The second-order valence-corrected chi connectivity index (χ2v) is 15.0. The number of allylic oxidation sites excluding steroid dienone is 5. The quantitative estimate of drug-likeness (QED) is 0.0502. The SMILES string of the molecule is CCN(Cc1cccc(SOO[O-])c1)c1ccc(C(=C2C=CC(=[N+](CC)Cc3cccc(S(=O)(=O)O)c3)C=C2)c2ccccc2S(=O)(=O)[O-])cc1.[Na+]. The third-order valence-corrected chi connectivity index (χ3v) is 10.5. The van der Waals surface area contributed by atoms with Crippen molar-refractivity contribution in [2.45, 2.75) is 41.6 Å². The summed E-state index contributed by atoms with van der Waals surface area (Å²) in [5, 5.41) is 13.7. The summed E-state index contributed by atoms with van der Waals surface area (Å²) in [6, 6.07) is 27.4. The molecule has 0 unspecified atom stereocenters. The molecule has 4 aromatic carbocycles. The number of anilines is 1. The first kappa shape index (κ1) is 41.4. The Balaban J connectivity index is 0.00000605. The van der Waals surface area contributed by atoms with E-state index in [-0.39, 0.29) is 44.9 Å². The Morgan fingerprint density at radius 1 is 0.846 bits per heavy atom. The van der Waals surface area contributed by atoms with Crippen molar-refractivity contribution in [1.29, 1.82) is 0 Å². The number of hydrogen-bond acceptors (Lipinski definition) is 10. The van der Waals surface area contributed by atoms with E-state index in [1.54, 1.807) is 30.3 Å². The third kappa shape index (κ3) is 10.6. The van der Waals surface area contributed by atoms with E-state index in [1.807, 2.05) is 85.2 Å². The first-order valence-corrected chi connectivity index (χ1v) is 19.4. The minimum atomic E-state index is -4.82. The summed E-state index contributed by atoms with van der Waals surface area (Å²) >= 11 is 0.822. The molecule has 4 aromatic rings. The standard InChI is InChI=1S/C37H36N2O9S3.Na/c1-3-38(25-27-9-7-11-33(23-27)49-48-47-40)31-19-15-29(16-20-31)37(35-13-5-6-14-36(35)51(44,45)46)30-17-21-32(22-18-30)39(4-2)26-28-10-8-12-34(24-28)50(41,42)43;/h5-24H,3-4,25-26H2,1-2H3,(H2-,40,41,42,43,44,45,46);/q;+1/p-1. The largest absolute Gasteiger partial charge is 1.00 e. The Kier molecular flexibility index (Phi) is 14.8. The number of benzene rings is 4. The average molecular weight is 771 g/mol. The molecule has 266 valence electrons. The van der Waals surface area contributed by atoms with Gasteiger partial charge in [0, 0.05) is 47.0 Å². The zero-order chi connectivity index (χ0) is 36.6. The molecular formula is C37H35N2NaO9S3. The van der Waals surface area contributed by atoms with Crippen LogP contribution in [0.25, 0.3) is 5.57 Å². The first-order valence-electron chi connectivity index (χ1n) is 15.8. The van der Waals surface area contributed by atoms with E-state index >= 15 is 0 Å². The first-order chi connectivity index (χ1) is 24.4. The normalized spacial score (nSPS) is 12.8. The fourth-order valence-corrected chi connectivity index (χ4v) is 7.49. The molecule has 0 spiro atoms. The van der Waals surface area contributed by atoms with Crippen molar-refractivity contribution in [2.75, 3.05) is 18.0 Å². The zero-order valence-corrected chi connectivity index (χ0v) is 33.2. The molecule has 0 heterocycles. The van der Waals surface area contributed by atoms with E-state index < -0.39 is 20.2 Å². The fourth-order valence-electron chi connectivity index (χ4n) is 5.81. The van der Waals surface area contributed by atoms with E-state index in [0.717, 1.165) is 29.0 Å². The van der Waals surface area contributed by atoms with Gasteiger partial charge in [0.2, 0.25) is 0 Å². The smallest absolute Gasteiger partial charge is 0.744 e. The molecular weight excluding hydrogens is 736 g/mol. The van der Waals surface area contributed by atoms with Gasteiger partial charge in [-0.2, -0.15) is 12.8 Å². The summed E-state index contributed by atoms with van der Waals surface area (Å²) in [6.45, 7) is 6.19. The van der Waals surface area contributed by atoms with Gasteiger partial charge in [-0.1, -0.05) is 54.6 Å². The minimum absolute atomic E-state index is 0. The average Bonchev–Trinajstić information content (AvgIpc) is 3.12. The van der Waals surface area contributed by atoms with Crippen LogP contribution in [0.3, 0.4) is 0 Å². The number of hydrogen-bond donors (Lipinski definition) is 1. The monoisotopic (exact) mass is 770 g/mol. The van der Waals surface area contributed by atoms with Gasteiger partial charge in [0.05, 0.1) is 21.8 Å². The van der Waals surface area contributed by atoms with E-state index in [9.17, 15) is 31.2 Å². The number of rotatable bonds is 14. The molecule has 5 rings (SSSR count). The van der Waals surface area contributed by atoms with Crippen molar-refractivity contribution in [3.63, 3.8) is 0 Å². The molecule has 0 bridgehead atoms. The topological polar surface area (TPSA) is 159 Å². The Labute approximate surface area is 330 Å². The van der Waals surface area contributed by atoms with Crippen LogP contribution in [-0.4, -0.2) is 49.3 Å². The minimum Gasteiger partial charge on any atom is -0.744 e. The number of nitrogens with zero attached hydrogens (tertiary/aromatic N) is 2. The Morgan fingerprint density at radius 3 is 2.15 bits per heavy atom. The van der Waals surface area contributed by atoms with Crippen LogP contribution in [0, 0.1) is 0 Å². The predicted molar refractivity (Wildman–Crippen MR) is 192 cm³/mol. The van der Waals surface area contributed by atoms with Crippen LogP contribution in [0.15, 0.2) is 142 Å². The summed E-state index contributed by atoms with van der Waals surface area (Å²) in [4.78, 5) is 2.34. The van der Waals surface area contributed by atoms with Gasteiger partial charge in [-0.25, -0.2) is 13.0 Å². The van der Waals surface area contributed by atoms with Gasteiger partial charge in [-0.15, -0.1) is 0 Å². The Bertz CT molecular complexity index is 2220. The van der Waals surface area contributed by atoms with Gasteiger partial charge >= 0.3 is 29.6 Å². The van der Waals surface area contributed by atoms with Gasteiger partial charge in [0.25, 0.3) is 10.1 Å². The fraction of sp³-hybridized carbons (Fsp3) is 0.162. The summed E-state index contributed by atoms with van der Waals surface area (Å²) in [5.41, 5.74) is 5.61. The van der Waals surface area contributed by atoms with Gasteiger partial charge in [0.1, 0.15) is 16.7 Å². The molecule has 0 aromatic heterocycles. The summed E-state index contributed by atoms with van der Waals surface area (Å²) in [6.07, 6.45) is 7.48. The van der Waals surface area contributed by atoms with Crippen molar-refractivity contribution in [2.24, 2.45) is 0 Å². The predicted octanol–water partition coefficient (Wildman–Crippen LogP) is 2.70. The van der Waals surface area contributed by atoms with Crippen LogP contribution < -0.4 is 39.7 Å². The van der Waals surface area contributed by atoms with Crippen LogP contribution in [-0.2, 0) is 42.7 Å². The van der Waals surface area contributed by atoms with Crippen LogP contribution in [0.4, 0.5) is 5.69 Å². The molecule has 0 amide bonds. The summed E-state index contributed by atoms with van der Waals surface area (Å²) in [5.74, 6) is 0. The summed E-state index contributed by atoms with van der Waals surface area (Å²) in [7, 11) is -9.17. The molecule has 1 aliphatic rings. The van der Waals surface area contributed by atoms with Crippen LogP contribution in [0.2, 0.25) is 0 Å². The molecule has 1 N–H and O–H groups in total. The van der Waals surface area contributed by atoms with Crippen LogP contribution in [0.1, 0.15) is 36.1 Å². The van der Waals surface area contributed by atoms with Crippen molar-refractivity contribution in [3.8, 4) is 0 Å². The van der Waals surface area contributed by atoms with E-state index in [1.165, 1.54) is 24.3 Å². The maximum absolute atomic E-state index is 12.4. The molecule has 1 aliphatic carbocycles. The second-order valence-electron chi connectivity index (χ2n) is 11.4. The van der Waals surface area contributed by atoms with Crippen molar-refractivity contribution in [1.82, 2.24) is 0 Å². The Hall–Kier alpha value is -3.38. The van der Waals surface area contributed by atoms with E-state index in [4.69, 9.17) is 0 Å². The molecule has 0 aliphatic heterocycles. The third-order valence-electron chi connectivity index (χ3n) is 8.23. The molecule has 15 heteroatoms. The van der Waals surface area contributed by atoms with Crippen LogP contribution >= 0.6 is 12.0 Å². The zero-order valence-electron chi connectivity index (χ0n) is 28.7.